The molecule has 0 saturated carbocycles. The molecule has 2 aromatic carbocycles. The Morgan fingerprint density at radius 1 is 0.800 bits per heavy atom. The van der Waals surface area contributed by atoms with Crippen LogP contribution in [-0.2, 0) is 11.3 Å². The van der Waals surface area contributed by atoms with Crippen molar-refractivity contribution in [2.75, 3.05) is 32.7 Å². The fourth-order valence-electron chi connectivity index (χ4n) is 4.21. The zero-order valence-corrected chi connectivity index (χ0v) is 17.1. The molecule has 6 heteroatoms. The van der Waals surface area contributed by atoms with E-state index >= 15 is 0 Å². The van der Waals surface area contributed by atoms with Gasteiger partial charge in [0.25, 0.3) is 11.8 Å². The quantitative estimate of drug-likeness (QED) is 0.694. The van der Waals surface area contributed by atoms with E-state index < -0.39 is 0 Å². The SMILES string of the molecule is O=C(CCCN1C(=O)c2ccccc2C1=O)N1CCCN(Cc2ccccc2)CC1. The normalized spacial score (nSPS) is 17.2. The first-order chi connectivity index (χ1) is 14.6. The van der Waals surface area contributed by atoms with Crippen molar-refractivity contribution in [2.24, 2.45) is 0 Å². The molecule has 0 aromatic heterocycles. The van der Waals surface area contributed by atoms with Crippen LogP contribution in [0.2, 0.25) is 0 Å². The first-order valence-electron chi connectivity index (χ1n) is 10.6. The lowest BCUT2D eigenvalue weighted by atomic mass is 10.1. The van der Waals surface area contributed by atoms with Crippen LogP contribution in [0.1, 0.15) is 45.5 Å². The molecule has 6 nitrogen and oxygen atoms in total. The van der Waals surface area contributed by atoms with E-state index in [0.29, 0.717) is 24.0 Å². The van der Waals surface area contributed by atoms with Gasteiger partial charge in [-0.05, 0) is 30.5 Å². The van der Waals surface area contributed by atoms with Gasteiger partial charge in [0.1, 0.15) is 0 Å². The van der Waals surface area contributed by atoms with Gasteiger partial charge >= 0.3 is 0 Å². The lowest BCUT2D eigenvalue weighted by molar-refractivity contribution is -0.131. The van der Waals surface area contributed by atoms with E-state index in [1.165, 1.54) is 10.5 Å². The van der Waals surface area contributed by atoms with Gasteiger partial charge in [-0.15, -0.1) is 0 Å². The summed E-state index contributed by atoms with van der Waals surface area (Å²) in [6.45, 7) is 4.51. The van der Waals surface area contributed by atoms with Gasteiger partial charge in [-0.1, -0.05) is 42.5 Å². The van der Waals surface area contributed by atoms with Crippen LogP contribution < -0.4 is 0 Å². The second-order valence-electron chi connectivity index (χ2n) is 7.91. The van der Waals surface area contributed by atoms with Crippen LogP contribution >= 0.6 is 0 Å². The number of carbonyl (C=O) groups excluding carboxylic acids is 3. The lowest BCUT2D eigenvalue weighted by Crippen LogP contribution is -2.36. The standard InChI is InChI=1S/C24H27N3O3/c28-22(12-6-15-27-23(29)20-10-4-5-11-21(20)24(27)30)26-14-7-13-25(16-17-26)18-19-8-2-1-3-9-19/h1-5,8-11H,6-7,12-18H2. The summed E-state index contributed by atoms with van der Waals surface area (Å²) in [5.41, 5.74) is 2.21. The molecule has 30 heavy (non-hydrogen) atoms. The molecule has 0 unspecified atom stereocenters. The highest BCUT2D eigenvalue weighted by molar-refractivity contribution is 6.21. The van der Waals surface area contributed by atoms with Crippen LogP contribution in [0.25, 0.3) is 0 Å². The highest BCUT2D eigenvalue weighted by Gasteiger charge is 2.34. The van der Waals surface area contributed by atoms with Crippen molar-refractivity contribution in [1.29, 1.82) is 0 Å². The topological polar surface area (TPSA) is 60.9 Å². The van der Waals surface area contributed by atoms with Gasteiger partial charge in [0.15, 0.2) is 0 Å². The van der Waals surface area contributed by atoms with E-state index in [9.17, 15) is 14.4 Å². The van der Waals surface area contributed by atoms with Crippen LogP contribution in [0, 0.1) is 0 Å². The Kier molecular flexibility index (Phi) is 6.23. The number of rotatable bonds is 6. The van der Waals surface area contributed by atoms with Crippen molar-refractivity contribution in [1.82, 2.24) is 14.7 Å². The fraction of sp³-hybridized carbons (Fsp3) is 0.375. The van der Waals surface area contributed by atoms with Gasteiger partial charge in [0, 0.05) is 45.7 Å². The van der Waals surface area contributed by atoms with Crippen molar-refractivity contribution in [2.45, 2.75) is 25.8 Å². The molecule has 1 saturated heterocycles. The maximum Gasteiger partial charge on any atom is 0.261 e. The molecule has 0 atom stereocenters. The van der Waals surface area contributed by atoms with Crippen LogP contribution in [-0.4, -0.2) is 65.1 Å². The Balaban J connectivity index is 1.24. The number of hydrogen-bond acceptors (Lipinski definition) is 4. The largest absolute Gasteiger partial charge is 0.341 e. The maximum atomic E-state index is 12.7. The zero-order chi connectivity index (χ0) is 20.9. The third-order valence-corrected chi connectivity index (χ3v) is 5.84. The Hall–Kier alpha value is -2.99. The molecule has 0 radical (unpaired) electrons. The number of nitrogens with zero attached hydrogens (tertiary/aromatic N) is 3. The first kappa shape index (κ1) is 20.3. The molecular weight excluding hydrogens is 378 g/mol. The van der Waals surface area contributed by atoms with Crippen molar-refractivity contribution in [3.8, 4) is 0 Å². The minimum atomic E-state index is -0.255. The Bertz CT molecular complexity index is 893. The van der Waals surface area contributed by atoms with Gasteiger partial charge in [-0.3, -0.25) is 24.2 Å². The predicted octanol–water partition coefficient (Wildman–Crippen LogP) is 2.80. The molecule has 2 aromatic rings. The second-order valence-corrected chi connectivity index (χ2v) is 7.91. The summed E-state index contributed by atoms with van der Waals surface area (Å²) in [4.78, 5) is 43.1. The van der Waals surface area contributed by atoms with Gasteiger partial charge < -0.3 is 4.90 Å². The smallest absolute Gasteiger partial charge is 0.261 e. The predicted molar refractivity (Wildman–Crippen MR) is 114 cm³/mol. The summed E-state index contributed by atoms with van der Waals surface area (Å²) in [5.74, 6) is -0.406. The minimum Gasteiger partial charge on any atom is -0.341 e. The van der Waals surface area contributed by atoms with E-state index in [1.54, 1.807) is 24.3 Å². The molecule has 1 fully saturated rings. The average Bonchev–Trinajstić information content (AvgIpc) is 2.92. The molecule has 156 valence electrons. The summed E-state index contributed by atoms with van der Waals surface area (Å²) in [6, 6.07) is 17.3. The van der Waals surface area contributed by atoms with E-state index in [-0.39, 0.29) is 24.3 Å². The van der Waals surface area contributed by atoms with E-state index in [1.807, 2.05) is 11.0 Å². The molecule has 0 spiro atoms. The Labute approximate surface area is 177 Å². The summed E-state index contributed by atoms with van der Waals surface area (Å²) in [5, 5.41) is 0. The first-order valence-corrected chi connectivity index (χ1v) is 10.6. The highest BCUT2D eigenvalue weighted by Crippen LogP contribution is 2.22. The summed E-state index contributed by atoms with van der Waals surface area (Å²) < 4.78 is 0. The minimum absolute atomic E-state index is 0.105. The lowest BCUT2D eigenvalue weighted by Gasteiger charge is -2.22. The van der Waals surface area contributed by atoms with Gasteiger partial charge in [-0.2, -0.15) is 0 Å². The Morgan fingerprint density at radius 2 is 1.47 bits per heavy atom. The molecule has 0 bridgehead atoms. The van der Waals surface area contributed by atoms with Crippen LogP contribution in [0.3, 0.4) is 0 Å². The van der Waals surface area contributed by atoms with Crippen LogP contribution in [0.15, 0.2) is 54.6 Å². The molecule has 0 aliphatic carbocycles. The third kappa shape index (κ3) is 4.44. The van der Waals surface area contributed by atoms with E-state index in [2.05, 4.69) is 29.2 Å². The van der Waals surface area contributed by atoms with E-state index in [0.717, 1.165) is 39.1 Å². The van der Waals surface area contributed by atoms with Crippen molar-refractivity contribution < 1.29 is 14.4 Å². The van der Waals surface area contributed by atoms with Crippen molar-refractivity contribution in [3.63, 3.8) is 0 Å². The highest BCUT2D eigenvalue weighted by atomic mass is 16.2. The molecule has 0 N–H and O–H groups in total. The summed E-state index contributed by atoms with van der Waals surface area (Å²) in [7, 11) is 0. The molecule has 2 aliphatic heterocycles. The average molecular weight is 405 g/mol. The summed E-state index contributed by atoms with van der Waals surface area (Å²) in [6.07, 6.45) is 1.80. The number of imide groups is 1. The van der Waals surface area contributed by atoms with Gasteiger partial charge in [-0.25, -0.2) is 0 Å². The van der Waals surface area contributed by atoms with Crippen molar-refractivity contribution >= 4 is 17.7 Å². The number of benzene rings is 2. The molecule has 2 aliphatic rings. The molecule has 2 heterocycles. The third-order valence-electron chi connectivity index (χ3n) is 5.84. The summed E-state index contributed by atoms with van der Waals surface area (Å²) >= 11 is 0. The van der Waals surface area contributed by atoms with Gasteiger partial charge in [0.2, 0.25) is 5.91 Å². The van der Waals surface area contributed by atoms with E-state index in [4.69, 9.17) is 0 Å². The van der Waals surface area contributed by atoms with Gasteiger partial charge in [0.05, 0.1) is 11.1 Å². The zero-order valence-electron chi connectivity index (χ0n) is 17.1. The number of hydrogen-bond donors (Lipinski definition) is 0. The van der Waals surface area contributed by atoms with Crippen LogP contribution in [0.4, 0.5) is 0 Å². The Morgan fingerprint density at radius 3 is 2.17 bits per heavy atom. The fourth-order valence-corrected chi connectivity index (χ4v) is 4.21. The monoisotopic (exact) mass is 405 g/mol. The second kappa shape index (κ2) is 9.22. The number of carbonyl (C=O) groups is 3. The molecule has 3 amide bonds. The van der Waals surface area contributed by atoms with Crippen LogP contribution in [0.5, 0.6) is 0 Å². The molecular formula is C24H27N3O3. The maximum absolute atomic E-state index is 12.7. The number of fused-ring (bicyclic) bond motifs is 1. The number of amides is 3. The molecule has 4 rings (SSSR count). The van der Waals surface area contributed by atoms with Crippen molar-refractivity contribution in [3.05, 3.63) is 71.3 Å².